The van der Waals surface area contributed by atoms with E-state index in [1.165, 1.54) is 10.4 Å². The van der Waals surface area contributed by atoms with Gasteiger partial charge in [0.2, 0.25) is 0 Å². The quantitative estimate of drug-likeness (QED) is 0.805. The lowest BCUT2D eigenvalue weighted by Gasteiger charge is -2.03. The molecule has 0 aromatic carbocycles. The molecule has 17 heavy (non-hydrogen) atoms. The van der Waals surface area contributed by atoms with Gasteiger partial charge in [0.25, 0.3) is 5.91 Å². The Morgan fingerprint density at radius 3 is 2.94 bits per heavy atom. The van der Waals surface area contributed by atoms with E-state index in [2.05, 4.69) is 46.3 Å². The number of halogens is 1. The monoisotopic (exact) mass is 377 g/mol. The molecule has 0 radical (unpaired) electrons. The molecule has 0 spiro atoms. The zero-order valence-corrected chi connectivity index (χ0v) is 13.1. The van der Waals surface area contributed by atoms with Crippen molar-refractivity contribution in [2.24, 2.45) is 0 Å². The van der Waals surface area contributed by atoms with E-state index in [-0.39, 0.29) is 5.91 Å². The molecule has 0 fully saturated rings. The normalized spacial score (nSPS) is 10.5. The van der Waals surface area contributed by atoms with Gasteiger partial charge in [-0.1, -0.05) is 6.92 Å². The number of amides is 1. The van der Waals surface area contributed by atoms with Crippen LogP contribution in [0.15, 0.2) is 22.9 Å². The van der Waals surface area contributed by atoms with Gasteiger partial charge in [0, 0.05) is 10.3 Å². The Labute approximate surface area is 122 Å². The first-order chi connectivity index (χ1) is 8.20. The van der Waals surface area contributed by atoms with Crippen LogP contribution in [0.4, 0.5) is 0 Å². The first kappa shape index (κ1) is 13.0. The summed E-state index contributed by atoms with van der Waals surface area (Å²) in [5.41, 5.74) is 2.09. The van der Waals surface area contributed by atoms with Crippen molar-refractivity contribution in [3.8, 4) is 0 Å². The predicted octanol–water partition coefficient (Wildman–Crippen LogP) is 3.91. The van der Waals surface area contributed by atoms with Gasteiger partial charge in [0.05, 0.1) is 15.0 Å². The topological polar surface area (TPSA) is 29.1 Å². The van der Waals surface area contributed by atoms with Crippen LogP contribution < -0.4 is 5.32 Å². The zero-order chi connectivity index (χ0) is 12.3. The van der Waals surface area contributed by atoms with E-state index in [0.717, 1.165) is 14.9 Å². The maximum absolute atomic E-state index is 11.8. The third kappa shape index (κ3) is 3.29. The molecule has 5 heteroatoms. The molecule has 2 aromatic rings. The highest BCUT2D eigenvalue weighted by atomic mass is 127. The minimum Gasteiger partial charge on any atom is -0.347 e. The molecule has 2 nitrogen and oxygen atoms in total. The van der Waals surface area contributed by atoms with Crippen LogP contribution in [0.5, 0.6) is 0 Å². The Morgan fingerprint density at radius 1 is 1.47 bits per heavy atom. The molecule has 0 atom stereocenters. The summed E-state index contributed by atoms with van der Waals surface area (Å²) in [7, 11) is 0. The second-order valence-corrected chi connectivity index (χ2v) is 7.35. The van der Waals surface area contributed by atoms with Crippen molar-refractivity contribution >= 4 is 51.2 Å². The van der Waals surface area contributed by atoms with Gasteiger partial charge in [-0.2, -0.15) is 0 Å². The standard InChI is InChI=1S/C12H12INOS2/c1-2-8-3-4-16-10(8)6-14-12(15)9-5-11(13)17-7-9/h3-5,7H,2,6H2,1H3,(H,14,15). The van der Waals surface area contributed by atoms with Crippen LogP contribution in [0.3, 0.4) is 0 Å². The molecule has 0 aliphatic carbocycles. The molecule has 90 valence electrons. The largest absolute Gasteiger partial charge is 0.347 e. The second-order valence-electron chi connectivity index (χ2n) is 3.54. The van der Waals surface area contributed by atoms with Crippen molar-refractivity contribution in [1.82, 2.24) is 5.32 Å². The molecular weight excluding hydrogens is 365 g/mol. The van der Waals surface area contributed by atoms with Gasteiger partial charge in [0.1, 0.15) is 0 Å². The summed E-state index contributed by atoms with van der Waals surface area (Å²) >= 11 is 5.52. The van der Waals surface area contributed by atoms with E-state index >= 15 is 0 Å². The summed E-state index contributed by atoms with van der Waals surface area (Å²) in [6.45, 7) is 2.76. The molecule has 0 unspecified atom stereocenters. The molecule has 2 aromatic heterocycles. The number of hydrogen-bond donors (Lipinski definition) is 1. The van der Waals surface area contributed by atoms with E-state index in [0.29, 0.717) is 6.54 Å². The van der Waals surface area contributed by atoms with Crippen LogP contribution >= 0.6 is 45.3 Å². The van der Waals surface area contributed by atoms with Crippen LogP contribution in [-0.2, 0) is 13.0 Å². The van der Waals surface area contributed by atoms with Gasteiger partial charge in [-0.3, -0.25) is 4.79 Å². The van der Waals surface area contributed by atoms with E-state index in [4.69, 9.17) is 0 Å². The highest BCUT2D eigenvalue weighted by molar-refractivity contribution is 14.1. The molecule has 0 bridgehead atoms. The molecule has 1 N–H and O–H groups in total. The van der Waals surface area contributed by atoms with Crippen LogP contribution in [-0.4, -0.2) is 5.91 Å². The molecule has 1 amide bonds. The Hall–Kier alpha value is -0.400. The number of carbonyl (C=O) groups excluding carboxylic acids is 1. The number of aryl methyl sites for hydroxylation is 1. The highest BCUT2D eigenvalue weighted by Gasteiger charge is 2.09. The SMILES string of the molecule is CCc1ccsc1CNC(=O)c1csc(I)c1. The molecule has 0 aliphatic rings. The highest BCUT2D eigenvalue weighted by Crippen LogP contribution is 2.18. The summed E-state index contributed by atoms with van der Waals surface area (Å²) < 4.78 is 1.14. The van der Waals surface area contributed by atoms with Gasteiger partial charge in [0.15, 0.2) is 0 Å². The molecular formula is C12H12INOS2. The van der Waals surface area contributed by atoms with Gasteiger partial charge in [-0.05, 0) is 52.1 Å². The summed E-state index contributed by atoms with van der Waals surface area (Å²) in [5, 5.41) is 6.94. The smallest absolute Gasteiger partial charge is 0.252 e. The number of carbonyl (C=O) groups is 1. The lowest BCUT2D eigenvalue weighted by molar-refractivity contribution is 0.0951. The fourth-order valence-electron chi connectivity index (χ4n) is 1.53. The summed E-state index contributed by atoms with van der Waals surface area (Å²) in [6, 6.07) is 4.04. The third-order valence-corrected chi connectivity index (χ3v) is 5.21. The molecule has 0 saturated carbocycles. The zero-order valence-electron chi connectivity index (χ0n) is 9.33. The van der Waals surface area contributed by atoms with Gasteiger partial charge >= 0.3 is 0 Å². The van der Waals surface area contributed by atoms with Gasteiger partial charge in [-0.15, -0.1) is 22.7 Å². The minimum absolute atomic E-state index is 0.0135. The van der Waals surface area contributed by atoms with Crippen LogP contribution in [0.25, 0.3) is 0 Å². The van der Waals surface area contributed by atoms with Crippen LogP contribution in [0.1, 0.15) is 27.7 Å². The first-order valence-electron chi connectivity index (χ1n) is 5.28. The fraction of sp³-hybridized carbons (Fsp3) is 0.250. The number of thiophene rings is 2. The minimum atomic E-state index is 0.0135. The maximum Gasteiger partial charge on any atom is 0.252 e. The third-order valence-electron chi connectivity index (χ3n) is 2.46. The van der Waals surface area contributed by atoms with Crippen molar-refractivity contribution in [2.75, 3.05) is 0 Å². The Kier molecular flexibility index (Phi) is 4.58. The van der Waals surface area contributed by atoms with Crippen LogP contribution in [0.2, 0.25) is 0 Å². The van der Waals surface area contributed by atoms with Crippen molar-refractivity contribution in [3.05, 3.63) is 41.8 Å². The molecule has 0 saturated heterocycles. The van der Waals surface area contributed by atoms with E-state index < -0.39 is 0 Å². The summed E-state index contributed by atoms with van der Waals surface area (Å²) in [4.78, 5) is 13.1. The lowest BCUT2D eigenvalue weighted by atomic mass is 10.2. The predicted molar refractivity (Wildman–Crippen MR) is 81.9 cm³/mol. The Balaban J connectivity index is 1.97. The average molecular weight is 377 g/mol. The van der Waals surface area contributed by atoms with Crippen LogP contribution in [0, 0.1) is 2.88 Å². The van der Waals surface area contributed by atoms with E-state index in [1.807, 2.05) is 11.4 Å². The number of rotatable bonds is 4. The second kappa shape index (κ2) is 5.97. The Morgan fingerprint density at radius 2 is 2.29 bits per heavy atom. The van der Waals surface area contributed by atoms with Crippen molar-refractivity contribution in [2.45, 2.75) is 19.9 Å². The van der Waals surface area contributed by atoms with Crippen molar-refractivity contribution in [3.63, 3.8) is 0 Å². The molecule has 0 aliphatic heterocycles. The first-order valence-corrected chi connectivity index (χ1v) is 8.12. The summed E-state index contributed by atoms with van der Waals surface area (Å²) in [5.74, 6) is 0.0135. The van der Waals surface area contributed by atoms with Gasteiger partial charge < -0.3 is 5.32 Å². The van der Waals surface area contributed by atoms with Crippen molar-refractivity contribution in [1.29, 1.82) is 0 Å². The number of hydrogen-bond acceptors (Lipinski definition) is 3. The van der Waals surface area contributed by atoms with Gasteiger partial charge in [-0.25, -0.2) is 0 Å². The average Bonchev–Trinajstić information content (AvgIpc) is 2.94. The fourth-order valence-corrected chi connectivity index (χ4v) is 3.77. The maximum atomic E-state index is 11.8. The lowest BCUT2D eigenvalue weighted by Crippen LogP contribution is -2.22. The molecule has 2 heterocycles. The number of nitrogens with one attached hydrogen (secondary N) is 1. The van der Waals surface area contributed by atoms with E-state index in [1.54, 1.807) is 22.7 Å². The van der Waals surface area contributed by atoms with E-state index in [9.17, 15) is 4.79 Å². The summed E-state index contributed by atoms with van der Waals surface area (Å²) in [6.07, 6.45) is 1.02. The van der Waals surface area contributed by atoms with Crippen molar-refractivity contribution < 1.29 is 4.79 Å². The molecule has 2 rings (SSSR count). The Bertz CT molecular complexity index is 518.